The minimum absolute atomic E-state index is 0.175. The fourth-order valence-corrected chi connectivity index (χ4v) is 3.70. The minimum Gasteiger partial charge on any atom is -0.386 e. The number of oxime groups is 1. The third-order valence-electron chi connectivity index (χ3n) is 5.12. The van der Waals surface area contributed by atoms with Gasteiger partial charge in [0.1, 0.15) is 5.71 Å². The van der Waals surface area contributed by atoms with Crippen LogP contribution in [0.2, 0.25) is 0 Å². The lowest BCUT2D eigenvalue weighted by Gasteiger charge is -2.38. The molecule has 0 radical (unpaired) electrons. The molecule has 150 valence electrons. The van der Waals surface area contributed by atoms with E-state index in [1.807, 2.05) is 31.2 Å². The molecule has 0 unspecified atom stereocenters. The average Bonchev–Trinajstić information content (AvgIpc) is 3.12. The van der Waals surface area contributed by atoms with Crippen LogP contribution >= 0.6 is 0 Å². The standard InChI is InChI=1S/C21H23N5O3/c1-15-5-2-6-16(11-15)24-20(28)26-10-4-8-21(14-26)12-18(25-29-21)19(27)23-17-7-3-9-22-13-17/h2-3,5-7,9,11,13H,4,8,10,12,14H2,1H3,(H,23,27)(H,24,28)/t21-/m1/s1. The number of likely N-dealkylation sites (tertiary alicyclic amines) is 1. The van der Waals surface area contributed by atoms with Gasteiger partial charge in [0.2, 0.25) is 0 Å². The van der Waals surface area contributed by atoms with E-state index in [0.29, 0.717) is 30.9 Å². The Labute approximate surface area is 168 Å². The molecule has 1 saturated heterocycles. The molecule has 8 heteroatoms. The maximum atomic E-state index is 12.7. The van der Waals surface area contributed by atoms with Crippen LogP contribution in [0, 0.1) is 6.92 Å². The zero-order valence-electron chi connectivity index (χ0n) is 16.2. The molecule has 4 rings (SSSR count). The lowest BCUT2D eigenvalue weighted by molar-refractivity contribution is -0.110. The number of benzene rings is 1. The van der Waals surface area contributed by atoms with Crippen molar-refractivity contribution >= 4 is 29.0 Å². The van der Waals surface area contributed by atoms with Gasteiger partial charge in [0.15, 0.2) is 5.60 Å². The molecule has 3 heterocycles. The van der Waals surface area contributed by atoms with Crippen LogP contribution in [0.5, 0.6) is 0 Å². The molecule has 2 N–H and O–H groups in total. The Morgan fingerprint density at radius 3 is 2.83 bits per heavy atom. The number of anilines is 2. The van der Waals surface area contributed by atoms with Crippen molar-refractivity contribution in [3.63, 3.8) is 0 Å². The molecule has 0 saturated carbocycles. The molecule has 2 aliphatic rings. The summed E-state index contributed by atoms with van der Waals surface area (Å²) in [6.07, 6.45) is 5.11. The number of urea groups is 1. The van der Waals surface area contributed by atoms with Gasteiger partial charge in [-0.3, -0.25) is 9.78 Å². The third-order valence-corrected chi connectivity index (χ3v) is 5.12. The van der Waals surface area contributed by atoms with Gasteiger partial charge in [0.25, 0.3) is 5.91 Å². The number of piperidine rings is 1. The number of nitrogens with zero attached hydrogens (tertiary/aromatic N) is 3. The highest BCUT2D eigenvalue weighted by atomic mass is 16.7. The molecule has 0 aliphatic carbocycles. The Hall–Kier alpha value is -3.42. The van der Waals surface area contributed by atoms with Crippen LogP contribution in [0.3, 0.4) is 0 Å². The Morgan fingerprint density at radius 2 is 2.03 bits per heavy atom. The number of hydrogen-bond acceptors (Lipinski definition) is 5. The van der Waals surface area contributed by atoms with E-state index in [-0.39, 0.29) is 11.9 Å². The van der Waals surface area contributed by atoms with E-state index >= 15 is 0 Å². The molecule has 1 fully saturated rings. The Morgan fingerprint density at radius 1 is 1.17 bits per heavy atom. The summed E-state index contributed by atoms with van der Waals surface area (Å²) in [5.74, 6) is -0.309. The Bertz CT molecular complexity index is 946. The molecule has 1 atom stereocenters. The quantitative estimate of drug-likeness (QED) is 0.837. The Kier molecular flexibility index (Phi) is 5.16. The highest BCUT2D eigenvalue weighted by Crippen LogP contribution is 2.34. The number of carbonyl (C=O) groups excluding carboxylic acids is 2. The molecule has 1 aromatic carbocycles. The van der Waals surface area contributed by atoms with Crippen molar-refractivity contribution < 1.29 is 14.4 Å². The number of amides is 3. The van der Waals surface area contributed by atoms with Gasteiger partial charge in [-0.25, -0.2) is 4.79 Å². The van der Waals surface area contributed by atoms with Gasteiger partial charge in [-0.2, -0.15) is 0 Å². The number of nitrogens with one attached hydrogen (secondary N) is 2. The van der Waals surface area contributed by atoms with Gasteiger partial charge < -0.3 is 20.4 Å². The molecular formula is C21H23N5O3. The van der Waals surface area contributed by atoms with E-state index in [1.165, 1.54) is 0 Å². The topological polar surface area (TPSA) is 95.9 Å². The van der Waals surface area contributed by atoms with Crippen molar-refractivity contribution in [1.29, 1.82) is 0 Å². The summed E-state index contributed by atoms with van der Waals surface area (Å²) in [4.78, 5) is 36.6. The number of carbonyl (C=O) groups is 2. The minimum atomic E-state index is -0.649. The van der Waals surface area contributed by atoms with Crippen LogP contribution in [-0.2, 0) is 9.63 Å². The number of rotatable bonds is 3. The molecule has 2 aromatic rings. The van der Waals surface area contributed by atoms with Crippen LogP contribution in [0.1, 0.15) is 24.8 Å². The second kappa shape index (κ2) is 7.90. The summed E-state index contributed by atoms with van der Waals surface area (Å²) in [6.45, 7) is 3.01. The van der Waals surface area contributed by atoms with Gasteiger partial charge in [-0.15, -0.1) is 0 Å². The van der Waals surface area contributed by atoms with Crippen molar-refractivity contribution in [2.45, 2.75) is 31.8 Å². The van der Waals surface area contributed by atoms with Crippen LogP contribution < -0.4 is 10.6 Å². The summed E-state index contributed by atoms with van der Waals surface area (Å²) in [6, 6.07) is 11.0. The van der Waals surface area contributed by atoms with Crippen molar-refractivity contribution in [3.8, 4) is 0 Å². The van der Waals surface area contributed by atoms with E-state index in [9.17, 15) is 9.59 Å². The van der Waals surface area contributed by atoms with Gasteiger partial charge in [-0.05, 0) is 49.6 Å². The molecule has 3 amide bonds. The lowest BCUT2D eigenvalue weighted by atomic mass is 9.88. The highest BCUT2D eigenvalue weighted by Gasteiger charge is 2.45. The van der Waals surface area contributed by atoms with E-state index in [4.69, 9.17) is 4.84 Å². The van der Waals surface area contributed by atoms with Crippen molar-refractivity contribution in [2.75, 3.05) is 23.7 Å². The molecule has 1 spiro atoms. The van der Waals surface area contributed by atoms with Gasteiger partial charge in [-0.1, -0.05) is 17.3 Å². The fraction of sp³-hybridized carbons (Fsp3) is 0.333. The van der Waals surface area contributed by atoms with Crippen molar-refractivity contribution in [3.05, 3.63) is 54.4 Å². The molecule has 0 bridgehead atoms. The van der Waals surface area contributed by atoms with E-state index in [2.05, 4.69) is 20.8 Å². The first-order valence-corrected chi connectivity index (χ1v) is 9.62. The van der Waals surface area contributed by atoms with Crippen LogP contribution in [0.4, 0.5) is 16.2 Å². The zero-order valence-corrected chi connectivity index (χ0v) is 16.2. The van der Waals surface area contributed by atoms with Gasteiger partial charge >= 0.3 is 6.03 Å². The highest BCUT2D eigenvalue weighted by molar-refractivity contribution is 6.43. The maximum absolute atomic E-state index is 12.7. The summed E-state index contributed by atoms with van der Waals surface area (Å²) in [5, 5.41) is 9.73. The predicted octanol–water partition coefficient (Wildman–Crippen LogP) is 3.17. The van der Waals surface area contributed by atoms with Crippen LogP contribution in [0.15, 0.2) is 53.9 Å². The van der Waals surface area contributed by atoms with E-state index < -0.39 is 5.60 Å². The van der Waals surface area contributed by atoms with Gasteiger partial charge in [0, 0.05) is 24.8 Å². The van der Waals surface area contributed by atoms with Crippen LogP contribution in [-0.4, -0.2) is 46.2 Å². The van der Waals surface area contributed by atoms with Crippen molar-refractivity contribution in [2.24, 2.45) is 5.16 Å². The average molecular weight is 393 g/mol. The monoisotopic (exact) mass is 393 g/mol. The largest absolute Gasteiger partial charge is 0.386 e. The number of pyridine rings is 1. The third kappa shape index (κ3) is 4.37. The fourth-order valence-electron chi connectivity index (χ4n) is 3.70. The number of aryl methyl sites for hydroxylation is 1. The SMILES string of the molecule is Cc1cccc(NC(=O)N2CCC[C@@]3(CC(C(=O)Nc4cccnc4)=NO3)C2)c1. The predicted molar refractivity (Wildman–Crippen MR) is 110 cm³/mol. The second-order valence-electron chi connectivity index (χ2n) is 7.51. The normalized spacial score (nSPS) is 20.7. The molecule has 2 aliphatic heterocycles. The summed E-state index contributed by atoms with van der Waals surface area (Å²) in [7, 11) is 0. The molecule has 8 nitrogen and oxygen atoms in total. The first kappa shape index (κ1) is 18.9. The van der Waals surface area contributed by atoms with Crippen LogP contribution in [0.25, 0.3) is 0 Å². The van der Waals surface area contributed by atoms with E-state index in [0.717, 1.165) is 24.1 Å². The Balaban J connectivity index is 1.37. The zero-order chi connectivity index (χ0) is 20.3. The lowest BCUT2D eigenvalue weighted by Crippen LogP contribution is -2.52. The van der Waals surface area contributed by atoms with E-state index in [1.54, 1.807) is 29.4 Å². The summed E-state index contributed by atoms with van der Waals surface area (Å²) >= 11 is 0. The first-order chi connectivity index (χ1) is 14.0. The molecule has 1 aromatic heterocycles. The summed E-state index contributed by atoms with van der Waals surface area (Å²) in [5.41, 5.74) is 2.12. The second-order valence-corrected chi connectivity index (χ2v) is 7.51. The number of aromatic nitrogens is 1. The molecule has 29 heavy (non-hydrogen) atoms. The molecular weight excluding hydrogens is 370 g/mol. The van der Waals surface area contributed by atoms with Crippen molar-refractivity contribution in [1.82, 2.24) is 9.88 Å². The van der Waals surface area contributed by atoms with Gasteiger partial charge in [0.05, 0.1) is 18.4 Å². The smallest absolute Gasteiger partial charge is 0.321 e. The number of hydrogen-bond donors (Lipinski definition) is 2. The first-order valence-electron chi connectivity index (χ1n) is 9.62. The summed E-state index contributed by atoms with van der Waals surface area (Å²) < 4.78 is 0. The maximum Gasteiger partial charge on any atom is 0.321 e.